The summed E-state index contributed by atoms with van der Waals surface area (Å²) in [5.41, 5.74) is 2.27. The highest BCUT2D eigenvalue weighted by Gasteiger charge is 2.25. The van der Waals surface area contributed by atoms with Crippen molar-refractivity contribution in [3.05, 3.63) is 63.0 Å². The van der Waals surface area contributed by atoms with Gasteiger partial charge >= 0.3 is 5.63 Å². The van der Waals surface area contributed by atoms with Crippen LogP contribution in [0, 0.1) is 13.8 Å². The lowest BCUT2D eigenvalue weighted by atomic mass is 9.83. The van der Waals surface area contributed by atoms with Gasteiger partial charge in [-0.25, -0.2) is 4.79 Å². The van der Waals surface area contributed by atoms with E-state index in [1.54, 1.807) is 13.1 Å². The monoisotopic (exact) mass is 340 g/mol. The average molecular weight is 340 g/mol. The van der Waals surface area contributed by atoms with Crippen molar-refractivity contribution in [2.75, 3.05) is 0 Å². The number of aryl methyl sites for hydroxylation is 2. The van der Waals surface area contributed by atoms with E-state index in [0.29, 0.717) is 23.7 Å². The zero-order chi connectivity index (χ0) is 18.0. The van der Waals surface area contributed by atoms with E-state index >= 15 is 0 Å². The molecule has 1 N–H and O–H groups in total. The van der Waals surface area contributed by atoms with Crippen LogP contribution < -0.4 is 10.9 Å². The van der Waals surface area contributed by atoms with E-state index in [2.05, 4.69) is 10.3 Å². The van der Waals surface area contributed by atoms with Gasteiger partial charge < -0.3 is 9.73 Å². The van der Waals surface area contributed by atoms with E-state index in [1.165, 1.54) is 6.42 Å². The van der Waals surface area contributed by atoms with Crippen molar-refractivity contribution in [1.29, 1.82) is 0 Å². The predicted octanol–water partition coefficient (Wildman–Crippen LogP) is 3.28. The van der Waals surface area contributed by atoms with Crippen LogP contribution in [0.1, 0.15) is 65.0 Å². The third-order valence-corrected chi connectivity index (χ3v) is 4.90. The standard InChI is InChI=1S/C20H24N2O3/c1-12-6-5-9-21-16(12)11-14(3)22-19(23)18-13(2)10-17(25-20(18)24)15-7-4-8-15/h5-6,9-10,14-15H,4,7-8,11H2,1-3H3,(H,22,23). The van der Waals surface area contributed by atoms with Crippen LogP contribution in [0.25, 0.3) is 0 Å². The number of nitrogens with zero attached hydrogens (tertiary/aromatic N) is 1. The van der Waals surface area contributed by atoms with Crippen molar-refractivity contribution in [2.45, 2.75) is 58.4 Å². The van der Waals surface area contributed by atoms with Crippen LogP contribution in [-0.4, -0.2) is 16.9 Å². The molecule has 0 aliphatic heterocycles. The minimum absolute atomic E-state index is 0.104. The normalized spacial score (nSPS) is 15.5. The lowest BCUT2D eigenvalue weighted by Gasteiger charge is -2.24. The zero-order valence-corrected chi connectivity index (χ0v) is 15.0. The Morgan fingerprint density at radius 1 is 1.36 bits per heavy atom. The molecule has 5 nitrogen and oxygen atoms in total. The summed E-state index contributed by atoms with van der Waals surface area (Å²) < 4.78 is 5.40. The highest BCUT2D eigenvalue weighted by Crippen LogP contribution is 2.36. The first kappa shape index (κ1) is 17.4. The molecule has 0 spiro atoms. The number of nitrogens with one attached hydrogen (secondary N) is 1. The third-order valence-electron chi connectivity index (χ3n) is 4.90. The first-order valence-corrected chi connectivity index (χ1v) is 8.81. The maximum Gasteiger partial charge on any atom is 0.349 e. The van der Waals surface area contributed by atoms with E-state index in [1.807, 2.05) is 32.0 Å². The minimum atomic E-state index is -0.541. The molecule has 1 unspecified atom stereocenters. The van der Waals surface area contributed by atoms with Crippen LogP contribution in [0.4, 0.5) is 0 Å². The number of pyridine rings is 1. The van der Waals surface area contributed by atoms with Gasteiger partial charge in [0.15, 0.2) is 0 Å². The summed E-state index contributed by atoms with van der Waals surface area (Å²) in [5, 5.41) is 2.89. The van der Waals surface area contributed by atoms with Gasteiger partial charge in [-0.3, -0.25) is 9.78 Å². The van der Waals surface area contributed by atoms with Crippen molar-refractivity contribution in [3.8, 4) is 0 Å². The van der Waals surface area contributed by atoms with Gasteiger partial charge in [-0.1, -0.05) is 12.5 Å². The predicted molar refractivity (Wildman–Crippen MR) is 95.9 cm³/mol. The van der Waals surface area contributed by atoms with Crippen molar-refractivity contribution < 1.29 is 9.21 Å². The Morgan fingerprint density at radius 2 is 2.12 bits per heavy atom. The molecule has 2 aromatic heterocycles. The highest BCUT2D eigenvalue weighted by atomic mass is 16.4. The second-order valence-corrected chi connectivity index (χ2v) is 6.97. The van der Waals surface area contributed by atoms with Gasteiger partial charge in [0.2, 0.25) is 0 Å². The van der Waals surface area contributed by atoms with Gasteiger partial charge in [-0.15, -0.1) is 0 Å². The fourth-order valence-corrected chi connectivity index (χ4v) is 3.17. The van der Waals surface area contributed by atoms with Crippen LogP contribution >= 0.6 is 0 Å². The van der Waals surface area contributed by atoms with Crippen LogP contribution in [-0.2, 0) is 6.42 Å². The number of carbonyl (C=O) groups is 1. The summed E-state index contributed by atoms with van der Waals surface area (Å²) in [6.07, 6.45) is 5.63. The molecule has 1 fully saturated rings. The minimum Gasteiger partial charge on any atom is -0.427 e. The van der Waals surface area contributed by atoms with Crippen LogP contribution in [0.3, 0.4) is 0 Å². The lowest BCUT2D eigenvalue weighted by Crippen LogP contribution is -2.37. The highest BCUT2D eigenvalue weighted by molar-refractivity contribution is 5.95. The average Bonchev–Trinajstić information content (AvgIpc) is 2.47. The van der Waals surface area contributed by atoms with Crippen molar-refractivity contribution in [2.24, 2.45) is 0 Å². The number of carbonyl (C=O) groups excluding carboxylic acids is 1. The zero-order valence-electron chi connectivity index (χ0n) is 15.0. The molecule has 25 heavy (non-hydrogen) atoms. The molecule has 1 amide bonds. The van der Waals surface area contributed by atoms with Crippen molar-refractivity contribution in [3.63, 3.8) is 0 Å². The van der Waals surface area contributed by atoms with Gasteiger partial charge in [0.05, 0.1) is 0 Å². The summed E-state index contributed by atoms with van der Waals surface area (Å²) in [4.78, 5) is 29.2. The molecule has 2 heterocycles. The van der Waals surface area contributed by atoms with Crippen molar-refractivity contribution >= 4 is 5.91 Å². The van der Waals surface area contributed by atoms with E-state index in [0.717, 1.165) is 24.1 Å². The molecule has 1 aliphatic carbocycles. The van der Waals surface area contributed by atoms with Crippen LogP contribution in [0.15, 0.2) is 33.6 Å². The van der Waals surface area contributed by atoms with E-state index in [-0.39, 0.29) is 17.5 Å². The number of aromatic nitrogens is 1. The lowest BCUT2D eigenvalue weighted by molar-refractivity contribution is 0.0934. The van der Waals surface area contributed by atoms with Crippen LogP contribution in [0.2, 0.25) is 0 Å². The number of hydrogen-bond donors (Lipinski definition) is 1. The molecular formula is C20H24N2O3. The Labute approximate surface area is 147 Å². The molecule has 5 heteroatoms. The quantitative estimate of drug-likeness (QED) is 0.906. The second kappa shape index (κ2) is 7.21. The fourth-order valence-electron chi connectivity index (χ4n) is 3.17. The summed E-state index contributed by atoms with van der Waals surface area (Å²) >= 11 is 0. The van der Waals surface area contributed by atoms with E-state index in [9.17, 15) is 9.59 Å². The Morgan fingerprint density at radius 3 is 2.72 bits per heavy atom. The molecule has 0 bridgehead atoms. The maximum absolute atomic E-state index is 12.5. The Kier molecular flexibility index (Phi) is 5.02. The smallest absolute Gasteiger partial charge is 0.349 e. The molecule has 1 aliphatic rings. The SMILES string of the molecule is Cc1cccnc1CC(C)NC(=O)c1c(C)cc(C2CCC2)oc1=O. The van der Waals surface area contributed by atoms with Gasteiger partial charge in [-0.05, 0) is 56.9 Å². The summed E-state index contributed by atoms with van der Waals surface area (Å²) in [6, 6.07) is 5.59. The van der Waals surface area contributed by atoms with E-state index < -0.39 is 5.63 Å². The number of amides is 1. The second-order valence-electron chi connectivity index (χ2n) is 6.97. The molecule has 132 valence electrons. The molecule has 2 aromatic rings. The van der Waals surface area contributed by atoms with Gasteiger partial charge in [-0.2, -0.15) is 0 Å². The Balaban J connectivity index is 1.72. The van der Waals surface area contributed by atoms with Crippen molar-refractivity contribution in [1.82, 2.24) is 10.3 Å². The first-order chi connectivity index (χ1) is 12.0. The molecule has 1 saturated carbocycles. The first-order valence-electron chi connectivity index (χ1n) is 8.81. The molecule has 1 atom stereocenters. The fraction of sp³-hybridized carbons (Fsp3) is 0.450. The largest absolute Gasteiger partial charge is 0.427 e. The molecule has 0 aromatic carbocycles. The van der Waals surface area contributed by atoms with Gasteiger partial charge in [0.25, 0.3) is 5.91 Å². The molecular weight excluding hydrogens is 316 g/mol. The summed E-state index contributed by atoms with van der Waals surface area (Å²) in [7, 11) is 0. The van der Waals surface area contributed by atoms with Gasteiger partial charge in [0.1, 0.15) is 11.3 Å². The molecule has 3 rings (SSSR count). The number of rotatable bonds is 5. The Hall–Kier alpha value is -2.43. The topological polar surface area (TPSA) is 72.2 Å². The van der Waals surface area contributed by atoms with E-state index in [4.69, 9.17) is 4.42 Å². The maximum atomic E-state index is 12.5. The number of hydrogen-bond acceptors (Lipinski definition) is 4. The summed E-state index contributed by atoms with van der Waals surface area (Å²) in [5.74, 6) is 0.657. The van der Waals surface area contributed by atoms with Gasteiger partial charge in [0, 0.05) is 30.3 Å². The summed E-state index contributed by atoms with van der Waals surface area (Å²) in [6.45, 7) is 5.70. The van der Waals surface area contributed by atoms with Crippen LogP contribution in [0.5, 0.6) is 0 Å². The Bertz CT molecular complexity index is 837. The third kappa shape index (κ3) is 3.81. The molecule has 0 radical (unpaired) electrons. The molecule has 0 saturated heterocycles.